The highest BCUT2D eigenvalue weighted by molar-refractivity contribution is 7.88. The maximum Gasteiger partial charge on any atom is 0.330 e. The van der Waals surface area contributed by atoms with Gasteiger partial charge in [-0.1, -0.05) is 24.3 Å². The van der Waals surface area contributed by atoms with Crippen molar-refractivity contribution in [3.63, 3.8) is 0 Å². The molecule has 0 saturated heterocycles. The standard InChI is InChI=1S/C13H14FNO4S/c1-19-13(16)8-7-10-5-3-4-6-11(10)12(14)9-15-20(2,17)18/h3-9,15H,1-2H3/b8-7+,12-9+. The predicted molar refractivity (Wildman–Crippen MR) is 74.6 cm³/mol. The van der Waals surface area contributed by atoms with E-state index in [2.05, 4.69) is 4.74 Å². The molecule has 0 spiro atoms. The summed E-state index contributed by atoms with van der Waals surface area (Å²) in [5.41, 5.74) is 0.575. The second-order valence-corrected chi connectivity index (χ2v) is 5.61. The Morgan fingerprint density at radius 2 is 2.00 bits per heavy atom. The molecular weight excluding hydrogens is 285 g/mol. The largest absolute Gasteiger partial charge is 0.466 e. The Morgan fingerprint density at radius 1 is 1.35 bits per heavy atom. The summed E-state index contributed by atoms with van der Waals surface area (Å²) in [7, 11) is -2.30. The second kappa shape index (κ2) is 6.85. The molecule has 20 heavy (non-hydrogen) atoms. The number of ether oxygens (including phenoxy) is 1. The molecule has 0 bridgehead atoms. The molecule has 0 unspecified atom stereocenters. The van der Waals surface area contributed by atoms with Crippen LogP contribution >= 0.6 is 0 Å². The minimum Gasteiger partial charge on any atom is -0.466 e. The minimum absolute atomic E-state index is 0.156. The lowest BCUT2D eigenvalue weighted by Gasteiger charge is -2.04. The van der Waals surface area contributed by atoms with Crippen LogP contribution in [0, 0.1) is 0 Å². The van der Waals surface area contributed by atoms with Crippen molar-refractivity contribution in [2.75, 3.05) is 13.4 Å². The number of esters is 1. The molecule has 1 N–H and O–H groups in total. The molecular formula is C13H14FNO4S. The Balaban J connectivity index is 3.07. The van der Waals surface area contributed by atoms with Crippen LogP contribution in [-0.2, 0) is 19.6 Å². The summed E-state index contributed by atoms with van der Waals surface area (Å²) >= 11 is 0. The monoisotopic (exact) mass is 299 g/mol. The van der Waals surface area contributed by atoms with Gasteiger partial charge in [-0.3, -0.25) is 4.72 Å². The van der Waals surface area contributed by atoms with E-state index >= 15 is 0 Å². The normalized spacial score (nSPS) is 12.4. The van der Waals surface area contributed by atoms with E-state index in [0.717, 1.165) is 18.5 Å². The first kappa shape index (κ1) is 15.9. The van der Waals surface area contributed by atoms with Crippen molar-refractivity contribution in [1.82, 2.24) is 4.72 Å². The molecule has 0 aromatic heterocycles. The Kier molecular flexibility index (Phi) is 5.45. The third kappa shape index (κ3) is 5.23. The van der Waals surface area contributed by atoms with Crippen molar-refractivity contribution in [2.45, 2.75) is 0 Å². The van der Waals surface area contributed by atoms with Crippen LogP contribution in [-0.4, -0.2) is 27.8 Å². The summed E-state index contributed by atoms with van der Waals surface area (Å²) < 4.78 is 42.1. The van der Waals surface area contributed by atoms with E-state index < -0.39 is 21.8 Å². The number of halogens is 1. The van der Waals surface area contributed by atoms with Crippen molar-refractivity contribution in [1.29, 1.82) is 0 Å². The van der Waals surface area contributed by atoms with Gasteiger partial charge in [-0.15, -0.1) is 0 Å². The van der Waals surface area contributed by atoms with Gasteiger partial charge in [0.1, 0.15) is 5.83 Å². The first-order valence-corrected chi connectivity index (χ1v) is 7.41. The number of benzene rings is 1. The molecule has 108 valence electrons. The van der Waals surface area contributed by atoms with Crippen LogP contribution in [0.4, 0.5) is 4.39 Å². The average Bonchev–Trinajstić information content (AvgIpc) is 2.41. The predicted octanol–water partition coefficient (Wildman–Crippen LogP) is 1.69. The molecule has 0 fully saturated rings. The lowest BCUT2D eigenvalue weighted by atomic mass is 10.1. The van der Waals surface area contributed by atoms with Crippen LogP contribution in [0.25, 0.3) is 11.9 Å². The van der Waals surface area contributed by atoms with Crippen molar-refractivity contribution < 1.29 is 22.3 Å². The van der Waals surface area contributed by atoms with Gasteiger partial charge in [-0.25, -0.2) is 17.6 Å². The summed E-state index contributed by atoms with van der Waals surface area (Å²) in [5, 5.41) is 0. The highest BCUT2D eigenvalue weighted by atomic mass is 32.2. The van der Waals surface area contributed by atoms with Crippen molar-refractivity contribution in [3.8, 4) is 0 Å². The third-order valence-electron chi connectivity index (χ3n) is 2.22. The zero-order valence-electron chi connectivity index (χ0n) is 11.0. The molecule has 0 atom stereocenters. The molecule has 0 saturated carbocycles. The number of rotatable bonds is 5. The van der Waals surface area contributed by atoms with Gasteiger partial charge in [0.2, 0.25) is 10.0 Å². The van der Waals surface area contributed by atoms with E-state index in [4.69, 9.17) is 0 Å². The Bertz CT molecular complexity index is 650. The van der Waals surface area contributed by atoms with Crippen LogP contribution in [0.2, 0.25) is 0 Å². The number of methoxy groups -OCH3 is 1. The fourth-order valence-corrected chi connectivity index (χ4v) is 1.64. The highest BCUT2D eigenvalue weighted by Crippen LogP contribution is 2.21. The molecule has 1 rings (SSSR count). The maximum absolute atomic E-state index is 13.9. The molecule has 0 aliphatic carbocycles. The fourth-order valence-electron chi connectivity index (χ4n) is 1.32. The van der Waals surface area contributed by atoms with Crippen LogP contribution < -0.4 is 4.72 Å². The molecule has 1 aromatic carbocycles. The van der Waals surface area contributed by atoms with Crippen LogP contribution in [0.3, 0.4) is 0 Å². The molecule has 0 aliphatic rings. The van der Waals surface area contributed by atoms with Gasteiger partial charge in [-0.05, 0) is 11.6 Å². The van der Waals surface area contributed by atoms with Crippen molar-refractivity contribution in [2.24, 2.45) is 0 Å². The zero-order chi connectivity index (χ0) is 15.2. The van der Waals surface area contributed by atoms with Crippen LogP contribution in [0.1, 0.15) is 11.1 Å². The van der Waals surface area contributed by atoms with E-state index in [1.165, 1.54) is 19.3 Å². The lowest BCUT2D eigenvalue weighted by molar-refractivity contribution is -0.134. The van der Waals surface area contributed by atoms with E-state index in [1.807, 2.05) is 4.72 Å². The molecule has 0 aliphatic heterocycles. The SMILES string of the molecule is COC(=O)/C=C/c1ccccc1/C(F)=C\NS(C)(=O)=O. The van der Waals surface area contributed by atoms with E-state index in [0.29, 0.717) is 5.56 Å². The Labute approximate surface area is 116 Å². The summed E-state index contributed by atoms with van der Waals surface area (Å²) in [5.74, 6) is -1.33. The van der Waals surface area contributed by atoms with Gasteiger partial charge in [0, 0.05) is 17.8 Å². The van der Waals surface area contributed by atoms with Crippen molar-refractivity contribution in [3.05, 3.63) is 47.7 Å². The molecule has 5 nitrogen and oxygen atoms in total. The first-order valence-electron chi connectivity index (χ1n) is 5.52. The average molecular weight is 299 g/mol. The molecule has 0 heterocycles. The molecule has 7 heteroatoms. The minimum atomic E-state index is -3.53. The second-order valence-electron chi connectivity index (χ2n) is 3.83. The van der Waals surface area contributed by atoms with E-state index in [1.54, 1.807) is 18.2 Å². The quantitative estimate of drug-likeness (QED) is 0.663. The number of sulfonamides is 1. The van der Waals surface area contributed by atoms with E-state index in [-0.39, 0.29) is 5.56 Å². The Morgan fingerprint density at radius 3 is 2.60 bits per heavy atom. The topological polar surface area (TPSA) is 72.5 Å². The zero-order valence-corrected chi connectivity index (χ0v) is 11.8. The van der Waals surface area contributed by atoms with Crippen molar-refractivity contribution >= 4 is 27.9 Å². The van der Waals surface area contributed by atoms with Gasteiger partial charge in [0.25, 0.3) is 0 Å². The highest BCUT2D eigenvalue weighted by Gasteiger charge is 2.06. The number of hydrogen-bond acceptors (Lipinski definition) is 4. The molecule has 1 aromatic rings. The maximum atomic E-state index is 13.9. The first-order chi connectivity index (χ1) is 9.33. The number of carbonyl (C=O) groups excluding carboxylic acids is 1. The van der Waals surface area contributed by atoms with Crippen LogP contribution in [0.5, 0.6) is 0 Å². The van der Waals surface area contributed by atoms with Gasteiger partial charge in [-0.2, -0.15) is 0 Å². The summed E-state index contributed by atoms with van der Waals surface area (Å²) in [4.78, 5) is 11.0. The van der Waals surface area contributed by atoms with Gasteiger partial charge < -0.3 is 4.74 Å². The van der Waals surface area contributed by atoms with Crippen LogP contribution in [0.15, 0.2) is 36.5 Å². The smallest absolute Gasteiger partial charge is 0.330 e. The van der Waals surface area contributed by atoms with Gasteiger partial charge >= 0.3 is 5.97 Å². The third-order valence-corrected chi connectivity index (χ3v) is 2.76. The lowest BCUT2D eigenvalue weighted by Crippen LogP contribution is -2.15. The number of carbonyl (C=O) groups is 1. The fraction of sp³-hybridized carbons (Fsp3) is 0.154. The molecule has 0 radical (unpaired) electrons. The Hall–Kier alpha value is -2.15. The van der Waals surface area contributed by atoms with Gasteiger partial charge in [0.05, 0.1) is 13.4 Å². The van der Waals surface area contributed by atoms with E-state index in [9.17, 15) is 17.6 Å². The number of nitrogens with one attached hydrogen (secondary N) is 1. The summed E-state index contributed by atoms with van der Waals surface area (Å²) in [6.07, 6.45) is 4.20. The summed E-state index contributed by atoms with van der Waals surface area (Å²) in [6.45, 7) is 0. The molecule has 0 amide bonds. The van der Waals surface area contributed by atoms with Gasteiger partial charge in [0.15, 0.2) is 0 Å². The summed E-state index contributed by atoms with van der Waals surface area (Å²) in [6, 6.07) is 6.31. The number of hydrogen-bond donors (Lipinski definition) is 1.